The highest BCUT2D eigenvalue weighted by Gasteiger charge is 2.03. The van der Waals surface area contributed by atoms with Crippen LogP contribution in [0.3, 0.4) is 0 Å². The molecule has 0 saturated carbocycles. The van der Waals surface area contributed by atoms with Crippen LogP contribution < -0.4 is 5.32 Å². The SMILES string of the molecule is CCN(CC)CCNCc1cc(C)nn1CC. The second-order valence-corrected chi connectivity index (χ2v) is 4.30. The molecule has 0 aliphatic rings. The van der Waals surface area contributed by atoms with Gasteiger partial charge in [-0.3, -0.25) is 4.68 Å². The molecule has 0 amide bonds. The van der Waals surface area contributed by atoms with Gasteiger partial charge < -0.3 is 10.2 Å². The van der Waals surface area contributed by atoms with Gasteiger partial charge in [0.25, 0.3) is 0 Å². The summed E-state index contributed by atoms with van der Waals surface area (Å²) in [6.45, 7) is 14.9. The van der Waals surface area contributed by atoms with E-state index in [-0.39, 0.29) is 0 Å². The Balaban J connectivity index is 2.30. The third-order valence-corrected chi connectivity index (χ3v) is 3.09. The molecule has 1 aromatic rings. The van der Waals surface area contributed by atoms with Gasteiger partial charge in [0, 0.05) is 26.2 Å². The Hall–Kier alpha value is -0.870. The molecule has 4 nitrogen and oxygen atoms in total. The van der Waals surface area contributed by atoms with Crippen LogP contribution >= 0.6 is 0 Å². The summed E-state index contributed by atoms with van der Waals surface area (Å²) < 4.78 is 2.07. The number of aromatic nitrogens is 2. The maximum Gasteiger partial charge on any atom is 0.0597 e. The number of hydrogen-bond acceptors (Lipinski definition) is 3. The van der Waals surface area contributed by atoms with E-state index in [1.807, 2.05) is 6.92 Å². The van der Waals surface area contributed by atoms with Crippen LogP contribution in [0, 0.1) is 6.92 Å². The van der Waals surface area contributed by atoms with Gasteiger partial charge in [-0.25, -0.2) is 0 Å². The van der Waals surface area contributed by atoms with Crippen LogP contribution in [0.15, 0.2) is 6.07 Å². The van der Waals surface area contributed by atoms with Crippen molar-refractivity contribution in [1.82, 2.24) is 20.0 Å². The van der Waals surface area contributed by atoms with Crippen LogP contribution in [0.25, 0.3) is 0 Å². The van der Waals surface area contributed by atoms with Crippen LogP contribution in [0.1, 0.15) is 32.2 Å². The number of hydrogen-bond donors (Lipinski definition) is 1. The average Bonchev–Trinajstić information content (AvgIpc) is 2.70. The van der Waals surface area contributed by atoms with E-state index in [4.69, 9.17) is 0 Å². The lowest BCUT2D eigenvalue weighted by atomic mass is 10.3. The van der Waals surface area contributed by atoms with E-state index in [2.05, 4.69) is 46.8 Å². The summed E-state index contributed by atoms with van der Waals surface area (Å²) in [5.41, 5.74) is 2.39. The van der Waals surface area contributed by atoms with Gasteiger partial charge in [-0.2, -0.15) is 5.10 Å². The second-order valence-electron chi connectivity index (χ2n) is 4.30. The summed E-state index contributed by atoms with van der Waals surface area (Å²) in [5.74, 6) is 0. The zero-order valence-electron chi connectivity index (χ0n) is 11.7. The maximum absolute atomic E-state index is 4.44. The van der Waals surface area contributed by atoms with Gasteiger partial charge in [-0.1, -0.05) is 13.8 Å². The Kier molecular flexibility index (Phi) is 6.22. The molecular weight excluding hydrogens is 212 g/mol. The zero-order valence-corrected chi connectivity index (χ0v) is 11.7. The van der Waals surface area contributed by atoms with Crippen molar-refractivity contribution < 1.29 is 0 Å². The monoisotopic (exact) mass is 238 g/mol. The number of nitrogens with one attached hydrogen (secondary N) is 1. The molecule has 1 N–H and O–H groups in total. The predicted molar refractivity (Wildman–Crippen MR) is 72.1 cm³/mol. The van der Waals surface area contributed by atoms with Crippen LogP contribution in [-0.2, 0) is 13.1 Å². The molecule has 1 aromatic heterocycles. The second kappa shape index (κ2) is 7.45. The molecule has 1 rings (SSSR count). The minimum Gasteiger partial charge on any atom is -0.310 e. The van der Waals surface area contributed by atoms with E-state index in [1.165, 1.54) is 5.69 Å². The first-order valence-corrected chi connectivity index (χ1v) is 6.67. The van der Waals surface area contributed by atoms with Crippen LogP contribution in [0.2, 0.25) is 0 Å². The van der Waals surface area contributed by atoms with Gasteiger partial charge in [-0.05, 0) is 33.0 Å². The molecule has 0 bridgehead atoms. The molecule has 0 unspecified atom stereocenters. The predicted octanol–water partition coefficient (Wildman–Crippen LogP) is 1.64. The number of aryl methyl sites for hydroxylation is 2. The quantitative estimate of drug-likeness (QED) is 0.699. The standard InChI is InChI=1S/C13H26N4/c1-5-16(6-2)9-8-14-11-13-10-12(4)15-17(13)7-3/h10,14H,5-9,11H2,1-4H3. The Morgan fingerprint density at radius 1 is 1.29 bits per heavy atom. The lowest BCUT2D eigenvalue weighted by Gasteiger charge is -2.18. The summed E-state index contributed by atoms with van der Waals surface area (Å²) in [6, 6.07) is 2.16. The molecule has 0 fully saturated rings. The zero-order chi connectivity index (χ0) is 12.7. The van der Waals surface area contributed by atoms with E-state index in [9.17, 15) is 0 Å². The molecular formula is C13H26N4. The molecule has 0 radical (unpaired) electrons. The van der Waals surface area contributed by atoms with Crippen LogP contribution in [0.5, 0.6) is 0 Å². The van der Waals surface area contributed by atoms with E-state index in [1.54, 1.807) is 0 Å². The lowest BCUT2D eigenvalue weighted by molar-refractivity contribution is 0.301. The first-order chi connectivity index (χ1) is 8.21. The molecule has 0 spiro atoms. The molecule has 0 atom stereocenters. The number of likely N-dealkylation sites (N-methyl/N-ethyl adjacent to an activating group) is 1. The highest BCUT2D eigenvalue weighted by atomic mass is 15.3. The summed E-state index contributed by atoms with van der Waals surface area (Å²) >= 11 is 0. The third-order valence-electron chi connectivity index (χ3n) is 3.09. The van der Waals surface area contributed by atoms with Gasteiger partial charge in [0.05, 0.1) is 11.4 Å². The first kappa shape index (κ1) is 14.2. The van der Waals surface area contributed by atoms with Gasteiger partial charge in [0.2, 0.25) is 0 Å². The van der Waals surface area contributed by atoms with E-state index < -0.39 is 0 Å². The minimum atomic E-state index is 0.913. The largest absolute Gasteiger partial charge is 0.310 e. The summed E-state index contributed by atoms with van der Waals surface area (Å²) in [7, 11) is 0. The topological polar surface area (TPSA) is 33.1 Å². The van der Waals surface area contributed by atoms with Gasteiger partial charge in [-0.15, -0.1) is 0 Å². The van der Waals surface area contributed by atoms with Crippen molar-refractivity contribution in [3.63, 3.8) is 0 Å². The molecule has 0 aromatic carbocycles. The minimum absolute atomic E-state index is 0.913. The Morgan fingerprint density at radius 3 is 2.59 bits per heavy atom. The fourth-order valence-electron chi connectivity index (χ4n) is 2.01. The van der Waals surface area contributed by atoms with Crippen molar-refractivity contribution in [3.8, 4) is 0 Å². The highest BCUT2D eigenvalue weighted by Crippen LogP contribution is 2.02. The summed E-state index contributed by atoms with van der Waals surface area (Å²) in [6.07, 6.45) is 0. The first-order valence-electron chi connectivity index (χ1n) is 6.67. The number of rotatable bonds is 8. The fourth-order valence-corrected chi connectivity index (χ4v) is 2.01. The van der Waals surface area contributed by atoms with Gasteiger partial charge in [0.15, 0.2) is 0 Å². The molecule has 17 heavy (non-hydrogen) atoms. The maximum atomic E-state index is 4.44. The third kappa shape index (κ3) is 4.48. The van der Waals surface area contributed by atoms with Crippen molar-refractivity contribution >= 4 is 0 Å². The molecule has 0 saturated heterocycles. The van der Waals surface area contributed by atoms with E-state index >= 15 is 0 Å². The fraction of sp³-hybridized carbons (Fsp3) is 0.769. The lowest BCUT2D eigenvalue weighted by Crippen LogP contribution is -2.32. The Morgan fingerprint density at radius 2 is 2.00 bits per heavy atom. The summed E-state index contributed by atoms with van der Waals surface area (Å²) in [5, 5.41) is 7.93. The molecule has 98 valence electrons. The highest BCUT2D eigenvalue weighted by molar-refractivity contribution is 5.08. The Bertz CT molecular complexity index is 315. The molecule has 0 aliphatic carbocycles. The van der Waals surface area contributed by atoms with Crippen LogP contribution in [-0.4, -0.2) is 40.9 Å². The van der Waals surface area contributed by atoms with E-state index in [0.717, 1.165) is 45.0 Å². The van der Waals surface area contributed by atoms with Gasteiger partial charge in [0.1, 0.15) is 0 Å². The molecule has 4 heteroatoms. The molecule has 1 heterocycles. The number of nitrogens with zero attached hydrogens (tertiary/aromatic N) is 3. The van der Waals surface area contributed by atoms with Crippen molar-refractivity contribution in [2.24, 2.45) is 0 Å². The van der Waals surface area contributed by atoms with Crippen molar-refractivity contribution in [3.05, 3.63) is 17.5 Å². The van der Waals surface area contributed by atoms with Crippen LogP contribution in [0.4, 0.5) is 0 Å². The normalized spacial score (nSPS) is 11.4. The van der Waals surface area contributed by atoms with Crippen molar-refractivity contribution in [1.29, 1.82) is 0 Å². The smallest absolute Gasteiger partial charge is 0.0597 e. The van der Waals surface area contributed by atoms with E-state index in [0.29, 0.717) is 0 Å². The van der Waals surface area contributed by atoms with Gasteiger partial charge >= 0.3 is 0 Å². The van der Waals surface area contributed by atoms with Crippen molar-refractivity contribution in [2.45, 2.75) is 40.8 Å². The molecule has 0 aliphatic heterocycles. The summed E-state index contributed by atoms with van der Waals surface area (Å²) in [4.78, 5) is 2.43. The van der Waals surface area contributed by atoms with Crippen molar-refractivity contribution in [2.75, 3.05) is 26.2 Å². The average molecular weight is 238 g/mol. The Labute approximate surface area is 105 Å².